The normalized spacial score (nSPS) is 24.1. The van der Waals surface area contributed by atoms with Gasteiger partial charge in [0.25, 0.3) is 5.91 Å². The van der Waals surface area contributed by atoms with Gasteiger partial charge in [0.2, 0.25) is 5.91 Å². The molecule has 0 bridgehead atoms. The number of rotatable bonds is 8. The maximum atomic E-state index is 14.7. The molecule has 2 atom stereocenters. The first-order valence-electron chi connectivity index (χ1n) is 16.4. The fourth-order valence-corrected chi connectivity index (χ4v) is 8.10. The topological polar surface area (TPSA) is 114 Å². The number of aryl methyl sites for hydroxylation is 2. The zero-order chi connectivity index (χ0) is 34.7. The van der Waals surface area contributed by atoms with E-state index >= 15 is 0 Å². The van der Waals surface area contributed by atoms with Crippen LogP contribution in [-0.4, -0.2) is 65.6 Å². The lowest BCUT2D eigenvalue weighted by Crippen LogP contribution is -2.49. The van der Waals surface area contributed by atoms with E-state index in [4.69, 9.17) is 0 Å². The van der Waals surface area contributed by atoms with Crippen molar-refractivity contribution in [2.24, 2.45) is 20.0 Å². The first-order chi connectivity index (χ1) is 23.3. The summed E-state index contributed by atoms with van der Waals surface area (Å²) < 4.78 is 47.5. The highest BCUT2D eigenvalue weighted by atomic mass is 19.4. The van der Waals surface area contributed by atoms with Crippen LogP contribution in [0.2, 0.25) is 0 Å². The number of nitrogens with one attached hydrogen (secondary N) is 1. The summed E-state index contributed by atoms with van der Waals surface area (Å²) in [6, 6.07) is 10.00. The van der Waals surface area contributed by atoms with Crippen molar-refractivity contribution in [1.29, 1.82) is 0 Å². The Kier molecular flexibility index (Phi) is 8.16. The number of fused-ring (bicyclic) bond motifs is 1. The molecule has 0 radical (unpaired) electrons. The highest BCUT2D eigenvalue weighted by molar-refractivity contribution is 6.10. The Balaban J connectivity index is 1.19. The molecule has 1 aliphatic carbocycles. The number of piperidine rings is 1. The molecule has 7 rings (SSSR count). The van der Waals surface area contributed by atoms with Crippen molar-refractivity contribution in [1.82, 2.24) is 40.0 Å². The number of halogens is 3. The van der Waals surface area contributed by atoms with Crippen LogP contribution in [0.25, 0.3) is 0 Å². The van der Waals surface area contributed by atoms with Crippen LogP contribution in [0.4, 0.5) is 18.9 Å². The lowest BCUT2D eigenvalue weighted by molar-refractivity contribution is -0.138. The van der Waals surface area contributed by atoms with Crippen LogP contribution >= 0.6 is 0 Å². The molecular weight excluding hydrogens is 635 g/mol. The number of hydrogen-bond acceptors (Lipinski definition) is 7. The summed E-state index contributed by atoms with van der Waals surface area (Å²) in [5.74, 6) is 0.387. The Morgan fingerprint density at radius 2 is 1.94 bits per heavy atom. The van der Waals surface area contributed by atoms with Crippen molar-refractivity contribution in [2.45, 2.75) is 62.8 Å². The van der Waals surface area contributed by atoms with Crippen molar-refractivity contribution in [3.05, 3.63) is 101 Å². The first-order valence-corrected chi connectivity index (χ1v) is 16.4. The fourth-order valence-electron chi connectivity index (χ4n) is 8.10. The molecule has 11 nitrogen and oxygen atoms in total. The number of benzene rings is 2. The summed E-state index contributed by atoms with van der Waals surface area (Å²) in [6.45, 7) is 6.58. The highest BCUT2D eigenvalue weighted by Crippen LogP contribution is 2.52. The van der Waals surface area contributed by atoms with E-state index in [9.17, 15) is 22.8 Å². The van der Waals surface area contributed by atoms with Crippen molar-refractivity contribution in [2.75, 3.05) is 18.0 Å². The average Bonchev–Trinajstić information content (AvgIpc) is 3.77. The minimum absolute atomic E-state index is 0.0286. The van der Waals surface area contributed by atoms with E-state index in [-0.39, 0.29) is 47.5 Å². The molecule has 4 aromatic rings. The standard InChI is InChI=1S/C35H38F3N9O2/c1-5-31(48)40-25-11-23(30-19-45(4)43-41-30)16-46(17-25)15-22-9-27-28(29(10-22)35(36,37)38)18-47(32(27)49)26-8-6-7-24(12-26)34(13-21(2)14-34)33-42-39-20-44(33)3/h5-10,12,19-21,23,25H,1,11,13-18H2,2-4H3,(H,40,48)/t21?,23-,25+,34?/m1/s1. The van der Waals surface area contributed by atoms with Gasteiger partial charge in [-0.2, -0.15) is 13.2 Å². The summed E-state index contributed by atoms with van der Waals surface area (Å²) >= 11 is 0. The molecule has 3 aliphatic rings. The molecule has 2 amide bonds. The Hall–Kier alpha value is -4.85. The number of carbonyl (C=O) groups excluding carboxylic acids is 2. The molecule has 4 heterocycles. The second kappa shape index (κ2) is 12.2. The predicted octanol–water partition coefficient (Wildman–Crippen LogP) is 4.50. The lowest BCUT2D eigenvalue weighted by atomic mass is 9.58. The van der Waals surface area contributed by atoms with Gasteiger partial charge in [0.1, 0.15) is 12.2 Å². The SMILES string of the molecule is C=CC(=O)N[C@H]1C[C@@H](c2cn(C)nn2)CN(Cc2cc3c(c(C(F)(F)F)c2)CN(c2cccc(C4(c5nncn5C)CC(C)C4)c2)C3=O)C1. The van der Waals surface area contributed by atoms with Crippen LogP contribution in [0.3, 0.4) is 0 Å². The molecule has 0 unspecified atom stereocenters. The maximum absolute atomic E-state index is 14.7. The van der Waals surface area contributed by atoms with Gasteiger partial charge in [0, 0.05) is 63.1 Å². The number of anilines is 1. The number of likely N-dealkylation sites (tertiary alicyclic amines) is 1. The molecule has 2 aromatic carbocycles. The molecule has 49 heavy (non-hydrogen) atoms. The third-order valence-electron chi connectivity index (χ3n) is 10.2. The maximum Gasteiger partial charge on any atom is 0.416 e. The van der Waals surface area contributed by atoms with Crippen LogP contribution < -0.4 is 10.2 Å². The Morgan fingerprint density at radius 3 is 2.59 bits per heavy atom. The Morgan fingerprint density at radius 1 is 1.14 bits per heavy atom. The van der Waals surface area contributed by atoms with Crippen molar-refractivity contribution in [3.8, 4) is 0 Å². The smallest absolute Gasteiger partial charge is 0.349 e. The van der Waals surface area contributed by atoms with Gasteiger partial charge in [-0.25, -0.2) is 0 Å². The fraction of sp³-hybridized carbons (Fsp3) is 0.429. The molecule has 2 aliphatic heterocycles. The van der Waals surface area contributed by atoms with Crippen molar-refractivity contribution >= 4 is 17.5 Å². The predicted molar refractivity (Wildman–Crippen MR) is 174 cm³/mol. The Bertz CT molecular complexity index is 1930. The molecule has 2 fully saturated rings. The van der Waals surface area contributed by atoms with E-state index < -0.39 is 17.6 Å². The zero-order valence-corrected chi connectivity index (χ0v) is 27.6. The van der Waals surface area contributed by atoms with Crippen molar-refractivity contribution in [3.63, 3.8) is 0 Å². The quantitative estimate of drug-likeness (QED) is 0.274. The molecule has 1 saturated carbocycles. The van der Waals surface area contributed by atoms with Gasteiger partial charge in [0.15, 0.2) is 0 Å². The van der Waals surface area contributed by atoms with Gasteiger partial charge in [-0.1, -0.05) is 30.8 Å². The van der Waals surface area contributed by atoms with Crippen LogP contribution in [0.1, 0.15) is 76.2 Å². The number of hydrogen-bond donors (Lipinski definition) is 1. The van der Waals surface area contributed by atoms with Gasteiger partial charge >= 0.3 is 6.18 Å². The molecule has 1 saturated heterocycles. The van der Waals surface area contributed by atoms with Gasteiger partial charge in [-0.15, -0.1) is 15.3 Å². The number of amides is 2. The van der Waals surface area contributed by atoms with Gasteiger partial charge in [0.05, 0.1) is 23.2 Å². The number of carbonyl (C=O) groups is 2. The molecule has 2 aromatic heterocycles. The van der Waals surface area contributed by atoms with Crippen molar-refractivity contribution < 1.29 is 22.8 Å². The van der Waals surface area contributed by atoms with Gasteiger partial charge in [-0.05, 0) is 72.2 Å². The molecule has 14 heteroatoms. The minimum Gasteiger partial charge on any atom is -0.349 e. The van der Waals surface area contributed by atoms with Crippen LogP contribution in [-0.2, 0) is 43.6 Å². The largest absolute Gasteiger partial charge is 0.416 e. The van der Waals surface area contributed by atoms with E-state index in [1.807, 2.05) is 34.7 Å². The summed E-state index contributed by atoms with van der Waals surface area (Å²) in [6.07, 6.45) is 2.30. The van der Waals surface area contributed by atoms with E-state index in [1.54, 1.807) is 36.4 Å². The monoisotopic (exact) mass is 673 g/mol. The second-order valence-corrected chi connectivity index (χ2v) is 13.8. The Labute approximate surface area is 281 Å². The molecule has 1 N–H and O–H groups in total. The van der Waals surface area contributed by atoms with E-state index in [0.717, 1.165) is 36.0 Å². The third kappa shape index (κ3) is 6.02. The van der Waals surface area contributed by atoms with Crippen LogP contribution in [0.15, 0.2) is 61.6 Å². The zero-order valence-electron chi connectivity index (χ0n) is 27.6. The molecular formula is C35H38F3N9O2. The summed E-state index contributed by atoms with van der Waals surface area (Å²) in [5, 5.41) is 19.7. The number of aromatic nitrogens is 6. The summed E-state index contributed by atoms with van der Waals surface area (Å²) in [5.41, 5.74) is 1.43. The van der Waals surface area contributed by atoms with E-state index in [2.05, 4.69) is 39.3 Å². The summed E-state index contributed by atoms with van der Waals surface area (Å²) in [7, 11) is 3.66. The lowest BCUT2D eigenvalue weighted by Gasteiger charge is -2.46. The third-order valence-corrected chi connectivity index (χ3v) is 10.2. The van der Waals surface area contributed by atoms with Gasteiger partial charge in [-0.3, -0.25) is 19.2 Å². The van der Waals surface area contributed by atoms with E-state index in [0.29, 0.717) is 36.7 Å². The van der Waals surface area contributed by atoms with Gasteiger partial charge < -0.3 is 14.8 Å². The number of alkyl halides is 3. The molecule has 256 valence electrons. The summed E-state index contributed by atoms with van der Waals surface area (Å²) in [4.78, 5) is 29.6. The van der Waals surface area contributed by atoms with E-state index in [1.165, 1.54) is 11.0 Å². The van der Waals surface area contributed by atoms with Crippen LogP contribution in [0, 0.1) is 5.92 Å². The first kappa shape index (κ1) is 32.7. The average molecular weight is 674 g/mol. The second-order valence-electron chi connectivity index (χ2n) is 13.8. The molecule has 0 spiro atoms. The number of nitrogens with zero attached hydrogens (tertiary/aromatic N) is 8. The highest BCUT2D eigenvalue weighted by Gasteiger charge is 2.48. The van der Waals surface area contributed by atoms with Crippen LogP contribution in [0.5, 0.6) is 0 Å². The minimum atomic E-state index is -4.67.